The van der Waals surface area contributed by atoms with Gasteiger partial charge in [0.15, 0.2) is 9.84 Å². The van der Waals surface area contributed by atoms with Gasteiger partial charge in [-0.3, -0.25) is 4.79 Å². The van der Waals surface area contributed by atoms with Gasteiger partial charge < -0.3 is 15.4 Å². The van der Waals surface area contributed by atoms with Crippen molar-refractivity contribution in [2.45, 2.75) is 23.8 Å². The van der Waals surface area contributed by atoms with Crippen molar-refractivity contribution in [3.63, 3.8) is 0 Å². The molecule has 1 amide bonds. The van der Waals surface area contributed by atoms with Gasteiger partial charge in [-0.25, -0.2) is 8.42 Å². The normalized spacial score (nSPS) is 12.0. The number of carbonyl (C=O) groups is 1. The summed E-state index contributed by atoms with van der Waals surface area (Å²) in [7, 11) is -1.45. The molecule has 0 spiro atoms. The molecule has 0 aromatic heterocycles. The van der Waals surface area contributed by atoms with Gasteiger partial charge in [0.2, 0.25) is 5.91 Å². The predicted octanol–water partition coefficient (Wildman–Crippen LogP) is 2.83. The summed E-state index contributed by atoms with van der Waals surface area (Å²) in [6, 6.07) is 15.5. The molecule has 0 aliphatic heterocycles. The standard InChI is InChI=1S/C20H26N2O4S.ClH/c1-22(20(23)15-19(21)16-7-4-3-5-8-16)13-6-14-26-17-9-11-18(12-10-17)27(2,24)25;/h3-5,7-12,19H,6,13-15,21H2,1-2H3;1H. The summed E-state index contributed by atoms with van der Waals surface area (Å²) in [5.41, 5.74) is 7.04. The highest BCUT2D eigenvalue weighted by molar-refractivity contribution is 7.90. The van der Waals surface area contributed by atoms with Crippen molar-refractivity contribution < 1.29 is 17.9 Å². The largest absolute Gasteiger partial charge is 0.494 e. The summed E-state index contributed by atoms with van der Waals surface area (Å²) in [6.07, 6.45) is 2.09. The first-order valence-electron chi connectivity index (χ1n) is 8.75. The summed E-state index contributed by atoms with van der Waals surface area (Å²) >= 11 is 0. The van der Waals surface area contributed by atoms with Crippen molar-refractivity contribution in [2.24, 2.45) is 5.73 Å². The third-order valence-electron chi connectivity index (χ3n) is 4.21. The highest BCUT2D eigenvalue weighted by atomic mass is 35.5. The molecule has 0 radical (unpaired) electrons. The number of benzene rings is 2. The van der Waals surface area contributed by atoms with Gasteiger partial charge in [-0.1, -0.05) is 30.3 Å². The minimum absolute atomic E-state index is 0. The molecule has 0 heterocycles. The van der Waals surface area contributed by atoms with E-state index in [0.717, 1.165) is 5.56 Å². The van der Waals surface area contributed by atoms with Crippen LogP contribution in [0.3, 0.4) is 0 Å². The number of hydrogen-bond donors (Lipinski definition) is 1. The molecule has 8 heteroatoms. The smallest absolute Gasteiger partial charge is 0.224 e. The highest BCUT2D eigenvalue weighted by Gasteiger charge is 2.15. The van der Waals surface area contributed by atoms with Crippen molar-refractivity contribution in [1.29, 1.82) is 0 Å². The van der Waals surface area contributed by atoms with Gasteiger partial charge in [0.1, 0.15) is 5.75 Å². The van der Waals surface area contributed by atoms with E-state index >= 15 is 0 Å². The Bertz CT molecular complexity index is 842. The molecular weight excluding hydrogens is 400 g/mol. The number of ether oxygens (including phenoxy) is 1. The van der Waals surface area contributed by atoms with E-state index in [1.54, 1.807) is 24.1 Å². The first-order chi connectivity index (χ1) is 12.8. The molecule has 1 atom stereocenters. The van der Waals surface area contributed by atoms with Gasteiger partial charge in [0.25, 0.3) is 0 Å². The summed E-state index contributed by atoms with van der Waals surface area (Å²) in [6.45, 7) is 0.988. The fourth-order valence-corrected chi connectivity index (χ4v) is 3.19. The molecule has 6 nitrogen and oxygen atoms in total. The van der Waals surface area contributed by atoms with Crippen LogP contribution < -0.4 is 10.5 Å². The lowest BCUT2D eigenvalue weighted by Crippen LogP contribution is -2.31. The molecule has 2 rings (SSSR count). The number of rotatable bonds is 9. The van der Waals surface area contributed by atoms with Crippen LogP contribution in [0.2, 0.25) is 0 Å². The quantitative estimate of drug-likeness (QED) is 0.622. The maximum Gasteiger partial charge on any atom is 0.224 e. The van der Waals surface area contributed by atoms with Gasteiger partial charge in [-0.05, 0) is 36.2 Å². The van der Waals surface area contributed by atoms with Crippen LogP contribution >= 0.6 is 12.4 Å². The molecular formula is C20H27ClN2O4S. The Morgan fingerprint density at radius 1 is 1.11 bits per heavy atom. The van der Waals surface area contributed by atoms with Crippen molar-refractivity contribution >= 4 is 28.2 Å². The lowest BCUT2D eigenvalue weighted by molar-refractivity contribution is -0.130. The van der Waals surface area contributed by atoms with E-state index < -0.39 is 9.84 Å². The molecule has 0 fully saturated rings. The zero-order chi connectivity index (χ0) is 19.9. The molecule has 2 aromatic rings. The van der Waals surface area contributed by atoms with Crippen LogP contribution in [0.1, 0.15) is 24.4 Å². The lowest BCUT2D eigenvalue weighted by atomic mass is 10.0. The van der Waals surface area contributed by atoms with Crippen molar-refractivity contribution in [1.82, 2.24) is 4.90 Å². The average Bonchev–Trinajstić information content (AvgIpc) is 2.65. The average molecular weight is 427 g/mol. The summed E-state index contributed by atoms with van der Waals surface area (Å²) in [4.78, 5) is 14.2. The minimum Gasteiger partial charge on any atom is -0.494 e. The Kier molecular flexibility index (Phi) is 9.45. The fourth-order valence-electron chi connectivity index (χ4n) is 2.56. The van der Waals surface area contributed by atoms with E-state index in [1.165, 1.54) is 18.4 Å². The zero-order valence-electron chi connectivity index (χ0n) is 16.1. The van der Waals surface area contributed by atoms with E-state index in [0.29, 0.717) is 25.3 Å². The highest BCUT2D eigenvalue weighted by Crippen LogP contribution is 2.16. The Balaban J connectivity index is 0.00000392. The molecule has 0 aliphatic rings. The second kappa shape index (κ2) is 11.0. The van der Waals surface area contributed by atoms with Gasteiger partial charge in [0.05, 0.1) is 11.5 Å². The SMILES string of the molecule is CN(CCCOc1ccc(S(C)(=O)=O)cc1)C(=O)CC(N)c1ccccc1.Cl. The van der Waals surface area contributed by atoms with Crippen molar-refractivity contribution in [3.8, 4) is 5.75 Å². The third-order valence-corrected chi connectivity index (χ3v) is 5.33. The molecule has 28 heavy (non-hydrogen) atoms. The van der Waals surface area contributed by atoms with E-state index in [2.05, 4.69) is 0 Å². The number of hydrogen-bond acceptors (Lipinski definition) is 5. The second-order valence-electron chi connectivity index (χ2n) is 6.48. The van der Waals surface area contributed by atoms with Crippen molar-refractivity contribution in [3.05, 3.63) is 60.2 Å². The molecule has 0 aliphatic carbocycles. The molecule has 0 saturated heterocycles. The number of halogens is 1. The molecule has 0 saturated carbocycles. The molecule has 1 unspecified atom stereocenters. The monoisotopic (exact) mass is 426 g/mol. The number of sulfone groups is 1. The first-order valence-corrected chi connectivity index (χ1v) is 10.6. The van der Waals surface area contributed by atoms with Gasteiger partial charge in [0, 0.05) is 32.3 Å². The topological polar surface area (TPSA) is 89.7 Å². The van der Waals surface area contributed by atoms with Gasteiger partial charge >= 0.3 is 0 Å². The van der Waals surface area contributed by atoms with Crippen LogP contribution in [-0.2, 0) is 14.6 Å². The number of nitrogens with zero attached hydrogens (tertiary/aromatic N) is 1. The van der Waals surface area contributed by atoms with E-state index in [9.17, 15) is 13.2 Å². The number of carbonyl (C=O) groups excluding carboxylic acids is 1. The van der Waals surface area contributed by atoms with Crippen LogP contribution in [0.5, 0.6) is 5.75 Å². The van der Waals surface area contributed by atoms with Gasteiger partial charge in [-0.2, -0.15) is 0 Å². The van der Waals surface area contributed by atoms with Crippen molar-refractivity contribution in [2.75, 3.05) is 26.5 Å². The van der Waals surface area contributed by atoms with Crippen LogP contribution in [0, 0.1) is 0 Å². The fraction of sp³-hybridized carbons (Fsp3) is 0.350. The van der Waals surface area contributed by atoms with Crippen LogP contribution in [-0.4, -0.2) is 45.7 Å². The molecule has 0 bridgehead atoms. The van der Waals surface area contributed by atoms with Crippen LogP contribution in [0.25, 0.3) is 0 Å². The Hall–Kier alpha value is -2.09. The molecule has 154 valence electrons. The first kappa shape index (κ1) is 23.9. The summed E-state index contributed by atoms with van der Waals surface area (Å²) < 4.78 is 28.4. The maximum absolute atomic E-state index is 12.3. The van der Waals surface area contributed by atoms with E-state index in [1.807, 2.05) is 30.3 Å². The zero-order valence-corrected chi connectivity index (χ0v) is 17.7. The molecule has 2 N–H and O–H groups in total. The van der Waals surface area contributed by atoms with Crippen LogP contribution in [0.4, 0.5) is 0 Å². The minimum atomic E-state index is -3.21. The Morgan fingerprint density at radius 3 is 2.29 bits per heavy atom. The second-order valence-corrected chi connectivity index (χ2v) is 8.50. The molecule has 2 aromatic carbocycles. The van der Waals surface area contributed by atoms with E-state index in [-0.39, 0.29) is 35.7 Å². The third kappa shape index (κ3) is 7.50. The van der Waals surface area contributed by atoms with Crippen LogP contribution in [0.15, 0.2) is 59.5 Å². The maximum atomic E-state index is 12.3. The number of amides is 1. The number of nitrogens with two attached hydrogens (primary N) is 1. The Morgan fingerprint density at radius 2 is 1.71 bits per heavy atom. The van der Waals surface area contributed by atoms with E-state index in [4.69, 9.17) is 10.5 Å². The van der Waals surface area contributed by atoms with Gasteiger partial charge in [-0.15, -0.1) is 12.4 Å². The lowest BCUT2D eigenvalue weighted by Gasteiger charge is -2.20. The summed E-state index contributed by atoms with van der Waals surface area (Å²) in [5.74, 6) is 0.589. The Labute approximate surface area is 173 Å². The summed E-state index contributed by atoms with van der Waals surface area (Å²) in [5, 5.41) is 0. The predicted molar refractivity (Wildman–Crippen MR) is 113 cm³/mol.